The molecule has 1 rings (SSSR count). The third kappa shape index (κ3) is 2.99. The predicted molar refractivity (Wildman–Crippen MR) is 78.9 cm³/mol. The largest absolute Gasteiger partial charge is 0.401 e. The van der Waals surface area contributed by atoms with E-state index in [2.05, 4.69) is 39.8 Å². The van der Waals surface area contributed by atoms with E-state index in [4.69, 9.17) is 10.8 Å². The fraction of sp³-hybridized carbons (Fsp3) is 0.867. The summed E-state index contributed by atoms with van der Waals surface area (Å²) >= 11 is 0. The third-order valence-electron chi connectivity index (χ3n) is 4.67. The minimum absolute atomic E-state index is 0.163. The number of hydrogen-bond acceptors (Lipinski definition) is 2. The quantitative estimate of drug-likeness (QED) is 0.626. The zero-order chi connectivity index (χ0) is 14.4. The maximum atomic E-state index is 10.0. The van der Waals surface area contributed by atoms with E-state index in [-0.39, 0.29) is 11.0 Å². The van der Waals surface area contributed by atoms with Gasteiger partial charge in [0.2, 0.25) is 0 Å². The first-order valence-electron chi connectivity index (χ1n) is 6.73. The van der Waals surface area contributed by atoms with Gasteiger partial charge in [-0.1, -0.05) is 26.7 Å². The van der Waals surface area contributed by atoms with Crippen LogP contribution in [0.2, 0.25) is 18.1 Å². The Morgan fingerprint density at radius 2 is 1.67 bits per heavy atom. The molecule has 104 valence electrons. The van der Waals surface area contributed by atoms with E-state index in [9.17, 15) is 5.11 Å². The Morgan fingerprint density at radius 1 is 1.22 bits per heavy atom. The molecule has 0 spiro atoms. The van der Waals surface area contributed by atoms with Gasteiger partial charge >= 0.3 is 0 Å². The van der Waals surface area contributed by atoms with E-state index in [0.29, 0.717) is 0 Å². The molecule has 0 heterocycles. The van der Waals surface area contributed by atoms with Gasteiger partial charge in [-0.2, -0.15) is 0 Å². The lowest BCUT2D eigenvalue weighted by Gasteiger charge is -2.53. The van der Waals surface area contributed by atoms with Gasteiger partial charge in [0, 0.05) is 0 Å². The summed E-state index contributed by atoms with van der Waals surface area (Å²) < 4.78 is 6.39. The number of rotatable bonds is 3. The summed E-state index contributed by atoms with van der Waals surface area (Å²) in [5.41, 5.74) is -1.09. The van der Waals surface area contributed by atoms with Crippen molar-refractivity contribution in [1.82, 2.24) is 0 Å². The first-order valence-corrected chi connectivity index (χ1v) is 9.64. The molecule has 0 saturated heterocycles. The summed E-state index contributed by atoms with van der Waals surface area (Å²) in [4.78, 5) is 0. The Kier molecular flexibility index (Phi) is 3.82. The summed E-state index contributed by atoms with van der Waals surface area (Å²) in [5, 5.41) is 10.2. The molecule has 3 heteroatoms. The van der Waals surface area contributed by atoms with Crippen LogP contribution in [0.5, 0.6) is 0 Å². The molecule has 1 saturated carbocycles. The maximum absolute atomic E-state index is 10.0. The van der Waals surface area contributed by atoms with Crippen molar-refractivity contribution in [3.8, 4) is 12.3 Å². The highest BCUT2D eigenvalue weighted by molar-refractivity contribution is 6.74. The normalized spacial score (nSPS) is 29.6. The standard InChI is InChI=1S/C15H28O2Si/c1-9-15(10-12(11-15)14(5,6)16)17-18(7,8)13(2,3)4/h1,12,16H,10-11H2,2-8H3. The van der Waals surface area contributed by atoms with Gasteiger partial charge in [0.1, 0.15) is 5.60 Å². The first kappa shape index (κ1) is 15.8. The highest BCUT2D eigenvalue weighted by Crippen LogP contribution is 2.50. The van der Waals surface area contributed by atoms with Crippen LogP contribution in [0.4, 0.5) is 0 Å². The highest BCUT2D eigenvalue weighted by atomic mass is 28.4. The lowest BCUT2D eigenvalue weighted by atomic mass is 9.65. The maximum Gasteiger partial charge on any atom is 0.194 e. The van der Waals surface area contributed by atoms with Gasteiger partial charge < -0.3 is 9.53 Å². The van der Waals surface area contributed by atoms with Crippen LogP contribution in [0.3, 0.4) is 0 Å². The molecule has 18 heavy (non-hydrogen) atoms. The number of aliphatic hydroxyl groups is 1. The van der Waals surface area contributed by atoms with Gasteiger partial charge in [-0.15, -0.1) is 6.42 Å². The minimum atomic E-state index is -1.84. The summed E-state index contributed by atoms with van der Waals surface area (Å²) in [6.07, 6.45) is 7.24. The summed E-state index contributed by atoms with van der Waals surface area (Å²) in [6.45, 7) is 14.8. The Labute approximate surface area is 113 Å². The highest BCUT2D eigenvalue weighted by Gasteiger charge is 2.53. The molecule has 0 atom stereocenters. The van der Waals surface area contributed by atoms with Crippen LogP contribution in [0, 0.1) is 18.3 Å². The van der Waals surface area contributed by atoms with Crippen molar-refractivity contribution in [2.24, 2.45) is 5.92 Å². The second-order valence-electron chi connectivity index (χ2n) is 7.76. The summed E-state index contributed by atoms with van der Waals surface area (Å²) in [6, 6.07) is 0. The molecule has 0 aromatic carbocycles. The van der Waals surface area contributed by atoms with Crippen molar-refractivity contribution < 1.29 is 9.53 Å². The summed E-state index contributed by atoms with van der Waals surface area (Å²) in [5.74, 6) is 3.10. The zero-order valence-corrected chi connectivity index (χ0v) is 13.9. The fourth-order valence-corrected chi connectivity index (χ4v) is 3.62. The van der Waals surface area contributed by atoms with E-state index in [0.717, 1.165) is 12.8 Å². The molecule has 0 bridgehead atoms. The van der Waals surface area contributed by atoms with E-state index >= 15 is 0 Å². The molecule has 0 aromatic heterocycles. The molecule has 1 aliphatic carbocycles. The van der Waals surface area contributed by atoms with Gasteiger partial charge in [-0.25, -0.2) is 0 Å². The molecular formula is C15H28O2Si. The average Bonchev–Trinajstić information content (AvgIpc) is 2.06. The minimum Gasteiger partial charge on any atom is -0.401 e. The van der Waals surface area contributed by atoms with Gasteiger partial charge in [0.25, 0.3) is 0 Å². The molecule has 0 amide bonds. The predicted octanol–water partition coefficient (Wildman–Crippen LogP) is 3.56. The van der Waals surface area contributed by atoms with Crippen LogP contribution in [0.25, 0.3) is 0 Å². The van der Waals surface area contributed by atoms with Crippen molar-refractivity contribution in [2.75, 3.05) is 0 Å². The first-order chi connectivity index (χ1) is 7.83. The van der Waals surface area contributed by atoms with Crippen LogP contribution in [0.1, 0.15) is 47.5 Å². The van der Waals surface area contributed by atoms with Crippen molar-refractivity contribution >= 4 is 8.32 Å². The van der Waals surface area contributed by atoms with E-state index in [1.165, 1.54) is 0 Å². The molecule has 0 unspecified atom stereocenters. The van der Waals surface area contributed by atoms with Crippen LogP contribution in [-0.4, -0.2) is 24.6 Å². The number of hydrogen-bond donors (Lipinski definition) is 1. The van der Waals surface area contributed by atoms with Crippen LogP contribution < -0.4 is 0 Å². The van der Waals surface area contributed by atoms with Crippen LogP contribution in [-0.2, 0) is 4.43 Å². The van der Waals surface area contributed by atoms with Gasteiger partial charge in [0.05, 0.1) is 5.60 Å². The van der Waals surface area contributed by atoms with E-state index in [1.807, 2.05) is 13.8 Å². The molecule has 0 aromatic rings. The van der Waals surface area contributed by atoms with Crippen molar-refractivity contribution in [3.63, 3.8) is 0 Å². The average molecular weight is 268 g/mol. The fourth-order valence-electron chi connectivity index (χ4n) is 2.11. The monoisotopic (exact) mass is 268 g/mol. The third-order valence-corrected chi connectivity index (χ3v) is 9.18. The SMILES string of the molecule is C#CC1(O[Si](C)(C)C(C)(C)C)CC(C(C)(C)O)C1. The Hall–Kier alpha value is -0.303. The van der Waals surface area contributed by atoms with Gasteiger partial charge in [-0.05, 0) is 50.7 Å². The molecule has 1 aliphatic rings. The molecule has 0 radical (unpaired) electrons. The molecule has 1 fully saturated rings. The van der Waals surface area contributed by atoms with Crippen LogP contribution in [0.15, 0.2) is 0 Å². The molecule has 1 N–H and O–H groups in total. The number of terminal acetylenes is 1. The molecular weight excluding hydrogens is 240 g/mol. The van der Waals surface area contributed by atoms with Crippen LogP contribution >= 0.6 is 0 Å². The lowest BCUT2D eigenvalue weighted by Crippen LogP contribution is -2.58. The molecule has 2 nitrogen and oxygen atoms in total. The Balaban J connectivity index is 2.76. The molecule has 0 aliphatic heterocycles. The second kappa shape index (κ2) is 4.37. The zero-order valence-electron chi connectivity index (χ0n) is 12.9. The summed E-state index contributed by atoms with van der Waals surface area (Å²) in [7, 11) is -1.84. The Bertz CT molecular complexity index is 346. The van der Waals surface area contributed by atoms with Gasteiger partial charge in [0.15, 0.2) is 8.32 Å². The van der Waals surface area contributed by atoms with Gasteiger partial charge in [-0.3, -0.25) is 0 Å². The second-order valence-corrected chi connectivity index (χ2v) is 12.5. The van der Waals surface area contributed by atoms with E-state index in [1.54, 1.807) is 0 Å². The van der Waals surface area contributed by atoms with E-state index < -0.39 is 19.5 Å². The lowest BCUT2D eigenvalue weighted by molar-refractivity contribution is -0.102. The Morgan fingerprint density at radius 3 is 1.94 bits per heavy atom. The van der Waals surface area contributed by atoms with Crippen molar-refractivity contribution in [1.29, 1.82) is 0 Å². The smallest absolute Gasteiger partial charge is 0.194 e. The topological polar surface area (TPSA) is 29.5 Å². The van der Waals surface area contributed by atoms with Crippen molar-refractivity contribution in [2.45, 2.75) is 76.8 Å². The van der Waals surface area contributed by atoms with Crippen molar-refractivity contribution in [3.05, 3.63) is 0 Å².